The summed E-state index contributed by atoms with van der Waals surface area (Å²) in [7, 11) is 0. The Bertz CT molecular complexity index is 2020. The molecular formula is C41H47ClN6O8. The van der Waals surface area contributed by atoms with Crippen LogP contribution in [0.25, 0.3) is 10.9 Å². The Morgan fingerprint density at radius 2 is 1.54 bits per heavy atom. The molecule has 0 aliphatic carbocycles. The number of hydrogen-bond acceptors (Lipinski definition) is 7. The second-order valence-electron chi connectivity index (χ2n) is 14.0. The summed E-state index contributed by atoms with van der Waals surface area (Å²) in [4.78, 5) is 84.3. The van der Waals surface area contributed by atoms with Crippen molar-refractivity contribution in [2.75, 3.05) is 12.4 Å². The van der Waals surface area contributed by atoms with E-state index in [2.05, 4.69) is 26.3 Å². The lowest BCUT2D eigenvalue weighted by molar-refractivity contribution is -0.146. The molecule has 2 heterocycles. The lowest BCUT2D eigenvalue weighted by atomic mass is 9.97. The van der Waals surface area contributed by atoms with Gasteiger partial charge in [0.05, 0.1) is 0 Å². The number of piperidine rings is 1. The summed E-state index contributed by atoms with van der Waals surface area (Å²) in [5.41, 5.74) is 4.16. The molecule has 14 nitrogen and oxygen atoms in total. The van der Waals surface area contributed by atoms with Gasteiger partial charge in [0, 0.05) is 49.5 Å². The van der Waals surface area contributed by atoms with Gasteiger partial charge in [0.15, 0.2) is 0 Å². The molecule has 4 aromatic rings. The van der Waals surface area contributed by atoms with Gasteiger partial charge in [0.2, 0.25) is 29.5 Å². The van der Waals surface area contributed by atoms with E-state index in [1.54, 1.807) is 18.3 Å². The Kier molecular flexibility index (Phi) is 14.5. The van der Waals surface area contributed by atoms with E-state index in [1.165, 1.54) is 17.0 Å². The van der Waals surface area contributed by atoms with E-state index in [9.17, 15) is 39.0 Å². The molecule has 7 N–H and O–H groups in total. The zero-order valence-corrected chi connectivity index (χ0v) is 31.8. The number of aryl methyl sites for hydroxylation is 1. The third-order valence-corrected chi connectivity index (χ3v) is 10.1. The maximum absolute atomic E-state index is 14.4. The van der Waals surface area contributed by atoms with Crippen molar-refractivity contribution in [3.05, 3.63) is 101 Å². The number of alkyl halides is 1. The number of carbonyl (C=O) groups excluding carboxylic acids is 5. The van der Waals surface area contributed by atoms with Crippen molar-refractivity contribution in [3.63, 3.8) is 0 Å². The number of halogens is 1. The van der Waals surface area contributed by atoms with Gasteiger partial charge in [-0.3, -0.25) is 28.8 Å². The number of carboxylic acids is 1. The predicted octanol–water partition coefficient (Wildman–Crippen LogP) is 3.22. The Morgan fingerprint density at radius 3 is 2.25 bits per heavy atom. The number of aromatic nitrogens is 1. The second kappa shape index (κ2) is 19.6. The van der Waals surface area contributed by atoms with Crippen LogP contribution in [0.15, 0.2) is 79.0 Å². The summed E-state index contributed by atoms with van der Waals surface area (Å²) in [6, 6.07) is 16.9. The number of benzene rings is 3. The van der Waals surface area contributed by atoms with E-state index >= 15 is 0 Å². The minimum absolute atomic E-state index is 0.0339. The van der Waals surface area contributed by atoms with Gasteiger partial charge in [-0.25, -0.2) is 0 Å². The van der Waals surface area contributed by atoms with Crippen LogP contribution in [0.1, 0.15) is 54.4 Å². The third-order valence-electron chi connectivity index (χ3n) is 9.82. The van der Waals surface area contributed by atoms with Crippen LogP contribution in [-0.2, 0) is 48.2 Å². The quantitative estimate of drug-likeness (QED) is 0.0789. The maximum Gasteiger partial charge on any atom is 0.303 e. The third kappa shape index (κ3) is 11.3. The molecule has 1 aliphatic rings. The molecular weight excluding hydrogens is 740 g/mol. The number of aromatic amines is 1. The van der Waals surface area contributed by atoms with Gasteiger partial charge >= 0.3 is 5.97 Å². The molecule has 15 heteroatoms. The standard InChI is InChI=1S/C41H47ClN6O8/c1-25-9-11-27(12-10-25)23-44-38(53)33(20-26-13-15-29(49)16-14-26)46-39(54)34(21-28-24-43-31-7-3-2-6-30(28)31)47-40(55)35-8-4-5-19-48(35)41(56)32(17-18-37(51)52)45-36(50)22-42/h2-3,6-7,9-16,24,32-35,43,49H,4-5,8,17-23H2,1H3,(H,44,53)(H,45,50)(H,46,54)(H,47,55)(H,51,52)/t32-,33-,34-,35-/m0/s1. The average Bonchev–Trinajstić information content (AvgIpc) is 3.61. The molecule has 5 amide bonds. The molecule has 1 aromatic heterocycles. The zero-order valence-electron chi connectivity index (χ0n) is 31.1. The Balaban J connectivity index is 1.41. The largest absolute Gasteiger partial charge is 0.508 e. The van der Waals surface area contributed by atoms with Crippen molar-refractivity contribution < 1.29 is 39.0 Å². The van der Waals surface area contributed by atoms with E-state index in [1.807, 2.05) is 55.5 Å². The van der Waals surface area contributed by atoms with Crippen molar-refractivity contribution in [3.8, 4) is 5.75 Å². The van der Waals surface area contributed by atoms with Crippen LogP contribution in [-0.4, -0.2) is 92.2 Å². The first-order valence-electron chi connectivity index (χ1n) is 18.6. The maximum atomic E-state index is 14.4. The van der Waals surface area contributed by atoms with Gasteiger partial charge in [-0.05, 0) is 67.5 Å². The van der Waals surface area contributed by atoms with Crippen molar-refractivity contribution in [1.82, 2.24) is 31.2 Å². The van der Waals surface area contributed by atoms with Crippen molar-refractivity contribution in [2.24, 2.45) is 0 Å². The number of hydrogen-bond donors (Lipinski definition) is 7. The van der Waals surface area contributed by atoms with E-state index in [0.717, 1.165) is 27.6 Å². The van der Waals surface area contributed by atoms with Crippen LogP contribution in [0.4, 0.5) is 0 Å². The highest BCUT2D eigenvalue weighted by atomic mass is 35.5. The number of rotatable bonds is 17. The van der Waals surface area contributed by atoms with Gasteiger partial charge in [-0.15, -0.1) is 11.6 Å². The Labute approximate surface area is 329 Å². The molecule has 0 saturated carbocycles. The predicted molar refractivity (Wildman–Crippen MR) is 210 cm³/mol. The number of nitrogens with one attached hydrogen (secondary N) is 5. The first-order valence-corrected chi connectivity index (χ1v) is 19.1. The first-order chi connectivity index (χ1) is 26.9. The minimum atomic E-state index is -1.23. The number of aromatic hydroxyl groups is 1. The van der Waals surface area contributed by atoms with E-state index in [-0.39, 0.29) is 44.5 Å². The fourth-order valence-corrected chi connectivity index (χ4v) is 6.87. The number of para-hydroxylation sites is 1. The van der Waals surface area contributed by atoms with Crippen LogP contribution in [0.2, 0.25) is 0 Å². The summed E-state index contributed by atoms with van der Waals surface area (Å²) in [5.74, 6) is -4.55. The topological polar surface area (TPSA) is 210 Å². The van der Waals surface area contributed by atoms with Crippen LogP contribution < -0.4 is 21.3 Å². The van der Waals surface area contributed by atoms with Gasteiger partial charge in [0.25, 0.3) is 0 Å². The number of carbonyl (C=O) groups is 6. The Hall–Kier alpha value is -5.89. The fourth-order valence-electron chi connectivity index (χ4n) is 6.79. The number of nitrogens with zero attached hydrogens (tertiary/aromatic N) is 1. The molecule has 296 valence electrons. The van der Waals surface area contributed by atoms with Crippen LogP contribution >= 0.6 is 11.6 Å². The van der Waals surface area contributed by atoms with Crippen LogP contribution in [0.3, 0.4) is 0 Å². The van der Waals surface area contributed by atoms with Gasteiger partial charge in [-0.1, -0.05) is 60.2 Å². The SMILES string of the molecule is Cc1ccc(CNC(=O)[C@H](Cc2ccc(O)cc2)NC(=O)[C@H](Cc2c[nH]c3ccccc23)NC(=O)[C@@H]2CCCCN2C(=O)[C@H](CCC(=O)O)NC(=O)CCl)cc1. The van der Waals surface area contributed by atoms with Crippen molar-refractivity contribution >= 4 is 58.0 Å². The van der Waals surface area contributed by atoms with E-state index in [0.29, 0.717) is 18.4 Å². The molecule has 4 atom stereocenters. The van der Waals surface area contributed by atoms with Crippen molar-refractivity contribution in [1.29, 1.82) is 0 Å². The number of carboxylic acid groups (broad SMARTS) is 1. The summed E-state index contributed by atoms with van der Waals surface area (Å²) in [6.07, 6.45) is 2.69. The highest BCUT2D eigenvalue weighted by molar-refractivity contribution is 6.27. The first kappa shape index (κ1) is 41.3. The highest BCUT2D eigenvalue weighted by Gasteiger charge is 2.38. The molecule has 1 saturated heterocycles. The van der Waals surface area contributed by atoms with Crippen LogP contribution in [0, 0.1) is 6.92 Å². The summed E-state index contributed by atoms with van der Waals surface area (Å²) >= 11 is 5.68. The van der Waals surface area contributed by atoms with Crippen LogP contribution in [0.5, 0.6) is 5.75 Å². The number of likely N-dealkylation sites (tertiary alicyclic amines) is 1. The zero-order chi connectivity index (χ0) is 40.2. The van der Waals surface area contributed by atoms with Gasteiger partial charge in [0.1, 0.15) is 35.8 Å². The number of aliphatic carboxylic acids is 1. The molecule has 3 aromatic carbocycles. The lowest BCUT2D eigenvalue weighted by Gasteiger charge is -2.37. The Morgan fingerprint density at radius 1 is 0.839 bits per heavy atom. The molecule has 0 bridgehead atoms. The van der Waals surface area contributed by atoms with E-state index in [4.69, 9.17) is 11.6 Å². The second-order valence-corrected chi connectivity index (χ2v) is 14.3. The van der Waals surface area contributed by atoms with Gasteiger partial charge in [-0.2, -0.15) is 0 Å². The fraction of sp³-hybridized carbons (Fsp3) is 0.366. The number of phenolic OH excluding ortho intramolecular Hbond substituents is 1. The number of H-pyrrole nitrogens is 1. The smallest absolute Gasteiger partial charge is 0.303 e. The van der Waals surface area contributed by atoms with Gasteiger partial charge < -0.3 is 41.4 Å². The minimum Gasteiger partial charge on any atom is -0.508 e. The summed E-state index contributed by atoms with van der Waals surface area (Å²) in [5, 5.41) is 31.1. The number of phenols is 1. The summed E-state index contributed by atoms with van der Waals surface area (Å²) < 4.78 is 0. The molecule has 0 spiro atoms. The van der Waals surface area contributed by atoms with Crippen molar-refractivity contribution in [2.45, 2.75) is 82.6 Å². The monoisotopic (exact) mass is 786 g/mol. The number of fused-ring (bicyclic) bond motifs is 1. The lowest BCUT2D eigenvalue weighted by Crippen LogP contribution is -2.61. The number of amides is 5. The van der Waals surface area contributed by atoms with E-state index < -0.39 is 72.0 Å². The molecule has 1 aliphatic heterocycles. The normalized spacial score (nSPS) is 15.6. The molecule has 0 radical (unpaired) electrons. The average molecular weight is 787 g/mol. The molecule has 1 fully saturated rings. The molecule has 5 rings (SSSR count). The molecule has 56 heavy (non-hydrogen) atoms. The summed E-state index contributed by atoms with van der Waals surface area (Å²) in [6.45, 7) is 2.34. The highest BCUT2D eigenvalue weighted by Crippen LogP contribution is 2.22. The molecule has 0 unspecified atom stereocenters.